The fraction of sp³-hybridized carbons (Fsp3) is 0.595. The van der Waals surface area contributed by atoms with E-state index in [1.807, 2.05) is 26.8 Å². The van der Waals surface area contributed by atoms with Crippen molar-refractivity contribution in [2.24, 2.45) is 11.8 Å². The van der Waals surface area contributed by atoms with Crippen LogP contribution < -0.4 is 10.6 Å². The monoisotopic (exact) mass is 646 g/mol. The van der Waals surface area contributed by atoms with Crippen LogP contribution in [-0.4, -0.2) is 61.0 Å². The van der Waals surface area contributed by atoms with Gasteiger partial charge < -0.3 is 30.3 Å². The molecule has 2 amide bonds. The highest BCUT2D eigenvalue weighted by Gasteiger charge is 2.21. The molecule has 0 fully saturated rings. The van der Waals surface area contributed by atoms with Crippen LogP contribution in [0.1, 0.15) is 106 Å². The molecule has 0 radical (unpaired) electrons. The topological polar surface area (TPSA) is 134 Å². The highest BCUT2D eigenvalue weighted by atomic mass is 16.6. The quantitative estimate of drug-likeness (QED) is 0.0920. The van der Waals surface area contributed by atoms with Crippen molar-refractivity contribution in [3.63, 3.8) is 0 Å². The van der Waals surface area contributed by atoms with Gasteiger partial charge in [-0.1, -0.05) is 83.6 Å². The van der Waals surface area contributed by atoms with Crippen LogP contribution in [-0.2, 0) is 23.9 Å². The Hall–Kier alpha value is -3.43. The highest BCUT2D eigenvalue weighted by molar-refractivity contribution is 5.93. The van der Waals surface area contributed by atoms with Crippen molar-refractivity contribution in [2.75, 3.05) is 26.9 Å². The second-order valence-electron chi connectivity index (χ2n) is 10.9. The first-order valence-electron chi connectivity index (χ1n) is 16.7. The standard InChI is InChI=1S/C23H30N2O3.C10H20O3.C2H6O.C2H6/c1-3-24-23(28)22(19-13-15-20(26)16-14-19)25-21(27)8-6-4-5-7-18-11-9-17(2)10-12-18;1-5-10(11)13-9(7-12-4)6-8(2)3;1-2-3;1-2/h6,8-9,11-17,22,26H,3-5,7,10H2,1-2H3,(H,24,28)(H,25,27);8-9H,5-7H2,1-4H3;3H,2H2,1H3;1-2H3/b8-6+;;;/t17?,22-;9-;;/m10../s1. The molecule has 0 saturated carbocycles. The molecule has 1 aliphatic rings. The number of carbonyl (C=O) groups is 3. The first-order valence-corrected chi connectivity index (χ1v) is 16.7. The van der Waals surface area contributed by atoms with Crippen LogP contribution in [0.2, 0.25) is 0 Å². The van der Waals surface area contributed by atoms with Crippen LogP contribution >= 0.6 is 0 Å². The minimum Gasteiger partial charge on any atom is -0.508 e. The van der Waals surface area contributed by atoms with E-state index < -0.39 is 6.04 Å². The predicted molar refractivity (Wildman–Crippen MR) is 187 cm³/mol. The molecule has 0 spiro atoms. The van der Waals surface area contributed by atoms with E-state index in [1.54, 1.807) is 33.1 Å². The molecule has 9 heteroatoms. The Labute approximate surface area is 278 Å². The zero-order valence-electron chi connectivity index (χ0n) is 29.8. The lowest BCUT2D eigenvalue weighted by Gasteiger charge is -2.18. The van der Waals surface area contributed by atoms with Gasteiger partial charge in [0.15, 0.2) is 0 Å². The zero-order chi connectivity index (χ0) is 35.3. The molecule has 262 valence electrons. The first kappa shape index (κ1) is 44.7. The van der Waals surface area contributed by atoms with E-state index in [-0.39, 0.29) is 36.2 Å². The summed E-state index contributed by atoms with van der Waals surface area (Å²) in [5.41, 5.74) is 1.98. The second-order valence-corrected chi connectivity index (χ2v) is 10.9. The number of phenolic OH excluding ortho intramolecular Hbond substituents is 1. The summed E-state index contributed by atoms with van der Waals surface area (Å²) in [7, 11) is 1.62. The van der Waals surface area contributed by atoms with Crippen molar-refractivity contribution < 1.29 is 34.1 Å². The molecule has 1 aromatic carbocycles. The van der Waals surface area contributed by atoms with Gasteiger partial charge in [0.2, 0.25) is 11.8 Å². The molecule has 0 saturated heterocycles. The molecule has 1 unspecified atom stereocenters. The van der Waals surface area contributed by atoms with Gasteiger partial charge >= 0.3 is 5.97 Å². The Bertz CT molecular complexity index is 1030. The smallest absolute Gasteiger partial charge is 0.305 e. The summed E-state index contributed by atoms with van der Waals surface area (Å²) in [6, 6.07) is 5.46. The summed E-state index contributed by atoms with van der Waals surface area (Å²) in [6.45, 7) is 16.9. The number of amides is 2. The number of ether oxygens (including phenoxy) is 2. The number of carbonyl (C=O) groups excluding carboxylic acids is 3. The Morgan fingerprint density at radius 1 is 1.09 bits per heavy atom. The van der Waals surface area contributed by atoms with Crippen molar-refractivity contribution in [1.82, 2.24) is 10.6 Å². The van der Waals surface area contributed by atoms with E-state index in [4.69, 9.17) is 14.6 Å². The number of likely N-dealkylation sites (N-methyl/N-ethyl adjacent to an activating group) is 1. The lowest BCUT2D eigenvalue weighted by molar-refractivity contribution is -0.152. The number of aliphatic hydroxyl groups excluding tert-OH is 1. The highest BCUT2D eigenvalue weighted by Crippen LogP contribution is 2.20. The number of benzene rings is 1. The van der Waals surface area contributed by atoms with Gasteiger partial charge in [-0.25, -0.2) is 0 Å². The van der Waals surface area contributed by atoms with E-state index >= 15 is 0 Å². The van der Waals surface area contributed by atoms with Crippen LogP contribution in [0.4, 0.5) is 0 Å². The summed E-state index contributed by atoms with van der Waals surface area (Å²) < 4.78 is 10.2. The van der Waals surface area contributed by atoms with E-state index in [1.165, 1.54) is 23.8 Å². The molecule has 3 atom stereocenters. The van der Waals surface area contributed by atoms with Crippen molar-refractivity contribution in [1.29, 1.82) is 0 Å². The summed E-state index contributed by atoms with van der Waals surface area (Å²) >= 11 is 0. The van der Waals surface area contributed by atoms with Crippen molar-refractivity contribution in [2.45, 2.75) is 106 Å². The number of esters is 1. The Morgan fingerprint density at radius 2 is 1.72 bits per heavy atom. The molecule has 0 heterocycles. The average molecular weight is 647 g/mol. The number of rotatable bonds is 15. The first-order chi connectivity index (χ1) is 22.0. The number of hydrogen-bond acceptors (Lipinski definition) is 7. The van der Waals surface area contributed by atoms with Gasteiger partial charge in [-0.05, 0) is 81.6 Å². The van der Waals surface area contributed by atoms with E-state index in [9.17, 15) is 19.5 Å². The summed E-state index contributed by atoms with van der Waals surface area (Å²) in [5.74, 6) is 0.517. The normalized spacial score (nSPS) is 14.7. The SMILES string of the molecule is CC.CCC(=O)O[C@H](COC)CC(C)C.CCNC(=O)[C@H](NC(=O)/C=C/CCCC1=CCC(C)C=C1)c1ccc(O)cc1.CCO. The summed E-state index contributed by atoms with van der Waals surface area (Å²) in [5, 5.41) is 22.5. The molecule has 1 aliphatic carbocycles. The Kier molecular flexibility index (Phi) is 28.2. The van der Waals surface area contributed by atoms with Crippen LogP contribution in [0.5, 0.6) is 5.75 Å². The van der Waals surface area contributed by atoms with Gasteiger partial charge in [-0.3, -0.25) is 14.4 Å². The number of phenols is 1. The molecule has 0 aromatic heterocycles. The van der Waals surface area contributed by atoms with Crippen molar-refractivity contribution >= 4 is 17.8 Å². The van der Waals surface area contributed by atoms with Gasteiger partial charge in [0.05, 0.1) is 6.61 Å². The van der Waals surface area contributed by atoms with E-state index in [0.717, 1.165) is 32.1 Å². The summed E-state index contributed by atoms with van der Waals surface area (Å²) in [6.07, 6.45) is 15.1. The lowest BCUT2D eigenvalue weighted by Crippen LogP contribution is -2.39. The molecule has 46 heavy (non-hydrogen) atoms. The van der Waals surface area contributed by atoms with Crippen LogP contribution in [0, 0.1) is 11.8 Å². The van der Waals surface area contributed by atoms with Crippen LogP contribution in [0.3, 0.4) is 0 Å². The van der Waals surface area contributed by atoms with E-state index in [2.05, 4.69) is 49.6 Å². The largest absolute Gasteiger partial charge is 0.508 e. The van der Waals surface area contributed by atoms with Gasteiger partial charge in [-0.2, -0.15) is 0 Å². The van der Waals surface area contributed by atoms with Crippen LogP contribution in [0.15, 0.2) is 60.2 Å². The van der Waals surface area contributed by atoms with Gasteiger partial charge in [0.1, 0.15) is 17.9 Å². The third kappa shape index (κ3) is 23.0. The summed E-state index contributed by atoms with van der Waals surface area (Å²) in [4.78, 5) is 35.6. The fourth-order valence-corrected chi connectivity index (χ4v) is 4.14. The third-order valence-corrected chi connectivity index (χ3v) is 6.30. The molecule has 9 nitrogen and oxygen atoms in total. The predicted octanol–water partition coefficient (Wildman–Crippen LogP) is 6.96. The average Bonchev–Trinajstić information content (AvgIpc) is 3.02. The van der Waals surface area contributed by atoms with Gasteiger partial charge in [0.25, 0.3) is 0 Å². The maximum Gasteiger partial charge on any atom is 0.305 e. The molecule has 2 rings (SSSR count). The Morgan fingerprint density at radius 3 is 2.22 bits per heavy atom. The number of allylic oxidation sites excluding steroid dienone is 5. The molecular formula is C37H62N2O7. The number of aliphatic hydroxyl groups is 1. The molecule has 1 aromatic rings. The van der Waals surface area contributed by atoms with Crippen molar-refractivity contribution in [3.05, 3.63) is 65.8 Å². The van der Waals surface area contributed by atoms with Crippen molar-refractivity contribution in [3.8, 4) is 5.75 Å². The molecule has 0 bridgehead atoms. The van der Waals surface area contributed by atoms with E-state index in [0.29, 0.717) is 37.0 Å². The van der Waals surface area contributed by atoms with Gasteiger partial charge in [-0.15, -0.1) is 0 Å². The Balaban J connectivity index is 0. The lowest BCUT2D eigenvalue weighted by atomic mass is 9.96. The number of methoxy groups -OCH3 is 1. The maximum atomic E-state index is 12.3. The number of hydrogen-bond donors (Lipinski definition) is 4. The fourth-order valence-electron chi connectivity index (χ4n) is 4.14. The number of aromatic hydroxyl groups is 1. The third-order valence-electron chi connectivity index (χ3n) is 6.30. The minimum absolute atomic E-state index is 0.0857. The van der Waals surface area contributed by atoms with Crippen LogP contribution in [0.25, 0.3) is 0 Å². The molecule has 0 aliphatic heterocycles. The minimum atomic E-state index is -0.794. The zero-order valence-corrected chi connectivity index (χ0v) is 29.8. The number of unbranched alkanes of at least 4 members (excludes halogenated alkanes) is 1. The number of nitrogens with one attached hydrogen (secondary N) is 2. The van der Waals surface area contributed by atoms with Gasteiger partial charge in [0, 0.05) is 26.7 Å². The maximum absolute atomic E-state index is 12.3. The molecular weight excluding hydrogens is 584 g/mol. The second kappa shape index (κ2) is 29.0. The molecule has 4 N–H and O–H groups in total.